The number of aliphatic hydroxyl groups excluding tert-OH is 1. The Hall–Kier alpha value is -0.0800. The molecule has 1 saturated carbocycles. The smallest absolute Gasteiger partial charge is 0.0445 e. The maximum Gasteiger partial charge on any atom is 0.0445 e. The van der Waals surface area contributed by atoms with Crippen molar-refractivity contribution in [3.63, 3.8) is 0 Å². The predicted octanol–water partition coefficient (Wildman–Crippen LogP) is 2.56. The van der Waals surface area contributed by atoms with Gasteiger partial charge in [-0.25, -0.2) is 0 Å². The largest absolute Gasteiger partial charge is 0.396 e. The third-order valence-electron chi connectivity index (χ3n) is 3.71. The van der Waals surface area contributed by atoms with E-state index < -0.39 is 0 Å². The number of hydrogen-bond donors (Lipinski definition) is 2. The molecule has 1 rings (SSSR count). The van der Waals surface area contributed by atoms with E-state index in [4.69, 9.17) is 5.11 Å². The van der Waals surface area contributed by atoms with Crippen molar-refractivity contribution < 1.29 is 5.11 Å². The van der Waals surface area contributed by atoms with E-state index in [0.29, 0.717) is 12.6 Å². The minimum atomic E-state index is 0.312. The van der Waals surface area contributed by atoms with Crippen molar-refractivity contribution in [2.75, 3.05) is 13.2 Å². The van der Waals surface area contributed by atoms with Gasteiger partial charge < -0.3 is 10.4 Å². The summed E-state index contributed by atoms with van der Waals surface area (Å²) in [5, 5.41) is 12.5. The maximum atomic E-state index is 8.91. The first-order valence-corrected chi connectivity index (χ1v) is 6.60. The molecule has 0 bridgehead atoms. The van der Waals surface area contributed by atoms with Crippen LogP contribution in [0, 0.1) is 11.8 Å². The van der Waals surface area contributed by atoms with E-state index in [1.54, 1.807) is 0 Å². The summed E-state index contributed by atoms with van der Waals surface area (Å²) >= 11 is 0. The summed E-state index contributed by atoms with van der Waals surface area (Å²) in [6.07, 6.45) is 7.64. The molecule has 0 amide bonds. The topological polar surface area (TPSA) is 32.3 Å². The summed E-state index contributed by atoms with van der Waals surface area (Å²) in [7, 11) is 0. The second kappa shape index (κ2) is 7.24. The lowest BCUT2D eigenvalue weighted by atomic mass is 9.82. The fourth-order valence-electron chi connectivity index (χ4n) is 2.68. The third kappa shape index (κ3) is 4.98. The van der Waals surface area contributed by atoms with Crippen LogP contribution in [0.25, 0.3) is 0 Å². The minimum absolute atomic E-state index is 0.312. The van der Waals surface area contributed by atoms with Crippen LogP contribution in [-0.4, -0.2) is 24.3 Å². The standard InChI is InChI=1S/C13H27NO/c1-3-13(7-8-15)14-10-12-6-4-5-11(2)9-12/h11-15H,3-10H2,1-2H3. The highest BCUT2D eigenvalue weighted by Crippen LogP contribution is 2.28. The van der Waals surface area contributed by atoms with Crippen LogP contribution in [0.3, 0.4) is 0 Å². The Morgan fingerprint density at radius 2 is 2.20 bits per heavy atom. The molecule has 2 heteroatoms. The maximum absolute atomic E-state index is 8.91. The van der Waals surface area contributed by atoms with Crippen LogP contribution >= 0.6 is 0 Å². The average Bonchev–Trinajstić information content (AvgIpc) is 2.24. The highest BCUT2D eigenvalue weighted by Gasteiger charge is 2.19. The van der Waals surface area contributed by atoms with E-state index in [9.17, 15) is 0 Å². The SMILES string of the molecule is CCC(CCO)NCC1CCCC(C)C1. The second-order valence-electron chi connectivity index (χ2n) is 5.16. The highest BCUT2D eigenvalue weighted by atomic mass is 16.3. The second-order valence-corrected chi connectivity index (χ2v) is 5.16. The minimum Gasteiger partial charge on any atom is -0.396 e. The van der Waals surface area contributed by atoms with Gasteiger partial charge >= 0.3 is 0 Å². The van der Waals surface area contributed by atoms with Crippen LogP contribution in [0.15, 0.2) is 0 Å². The number of rotatable bonds is 6. The fraction of sp³-hybridized carbons (Fsp3) is 1.00. The molecule has 3 atom stereocenters. The number of nitrogens with one attached hydrogen (secondary N) is 1. The number of hydrogen-bond acceptors (Lipinski definition) is 2. The van der Waals surface area contributed by atoms with Crippen molar-refractivity contribution in [1.29, 1.82) is 0 Å². The van der Waals surface area contributed by atoms with Crippen LogP contribution in [0.5, 0.6) is 0 Å². The molecule has 2 N–H and O–H groups in total. The van der Waals surface area contributed by atoms with Crippen molar-refractivity contribution in [1.82, 2.24) is 5.32 Å². The molecular formula is C13H27NO. The van der Waals surface area contributed by atoms with Crippen LogP contribution in [-0.2, 0) is 0 Å². The fourth-order valence-corrected chi connectivity index (χ4v) is 2.68. The van der Waals surface area contributed by atoms with Crippen LogP contribution in [0.2, 0.25) is 0 Å². The Balaban J connectivity index is 2.16. The monoisotopic (exact) mass is 213 g/mol. The molecule has 0 aromatic heterocycles. The van der Waals surface area contributed by atoms with E-state index in [0.717, 1.165) is 31.2 Å². The molecule has 0 heterocycles. The molecule has 0 radical (unpaired) electrons. The van der Waals surface area contributed by atoms with Crippen molar-refractivity contribution in [2.24, 2.45) is 11.8 Å². The first-order valence-electron chi connectivity index (χ1n) is 6.60. The molecule has 3 unspecified atom stereocenters. The molecule has 0 spiro atoms. The first-order chi connectivity index (χ1) is 7.26. The van der Waals surface area contributed by atoms with Gasteiger partial charge in [0.25, 0.3) is 0 Å². The molecule has 15 heavy (non-hydrogen) atoms. The Labute approximate surface area is 94.5 Å². The van der Waals surface area contributed by atoms with Gasteiger partial charge in [0, 0.05) is 12.6 Å². The van der Waals surface area contributed by atoms with Gasteiger partial charge in [0.2, 0.25) is 0 Å². The zero-order chi connectivity index (χ0) is 11.1. The zero-order valence-corrected chi connectivity index (χ0v) is 10.3. The molecule has 1 aliphatic carbocycles. The van der Waals surface area contributed by atoms with Crippen LogP contribution < -0.4 is 5.32 Å². The molecule has 2 nitrogen and oxygen atoms in total. The summed E-state index contributed by atoms with van der Waals surface area (Å²) in [4.78, 5) is 0. The predicted molar refractivity (Wildman–Crippen MR) is 64.9 cm³/mol. The Bertz CT molecular complexity index is 161. The van der Waals surface area contributed by atoms with Gasteiger partial charge in [-0.05, 0) is 44.1 Å². The van der Waals surface area contributed by atoms with Crippen molar-refractivity contribution in [3.8, 4) is 0 Å². The lowest BCUT2D eigenvalue weighted by molar-refractivity contribution is 0.239. The molecular weight excluding hydrogens is 186 g/mol. The van der Waals surface area contributed by atoms with E-state index in [-0.39, 0.29) is 0 Å². The molecule has 1 aliphatic rings. The zero-order valence-electron chi connectivity index (χ0n) is 10.3. The normalized spacial score (nSPS) is 29.0. The van der Waals surface area contributed by atoms with E-state index >= 15 is 0 Å². The Morgan fingerprint density at radius 3 is 2.80 bits per heavy atom. The van der Waals surface area contributed by atoms with Crippen LogP contribution in [0.4, 0.5) is 0 Å². The molecule has 1 fully saturated rings. The van der Waals surface area contributed by atoms with Gasteiger partial charge in [0.05, 0.1) is 0 Å². The first kappa shape index (κ1) is 13.0. The van der Waals surface area contributed by atoms with Crippen molar-refractivity contribution >= 4 is 0 Å². The van der Waals surface area contributed by atoms with E-state index in [2.05, 4.69) is 19.2 Å². The summed E-state index contributed by atoms with van der Waals surface area (Å²) in [5.74, 6) is 1.80. The molecule has 0 aromatic carbocycles. The molecule has 90 valence electrons. The lowest BCUT2D eigenvalue weighted by Crippen LogP contribution is -2.35. The third-order valence-corrected chi connectivity index (χ3v) is 3.71. The van der Waals surface area contributed by atoms with Gasteiger partial charge in [0.1, 0.15) is 0 Å². The molecule has 0 aliphatic heterocycles. The molecule has 0 saturated heterocycles. The summed E-state index contributed by atoms with van der Waals surface area (Å²) in [6.45, 7) is 6.03. The average molecular weight is 213 g/mol. The summed E-state index contributed by atoms with van der Waals surface area (Å²) < 4.78 is 0. The van der Waals surface area contributed by atoms with Crippen molar-refractivity contribution in [2.45, 2.75) is 58.4 Å². The quantitative estimate of drug-likeness (QED) is 0.711. The summed E-state index contributed by atoms with van der Waals surface area (Å²) in [5.41, 5.74) is 0. The highest BCUT2D eigenvalue weighted by molar-refractivity contribution is 4.74. The van der Waals surface area contributed by atoms with E-state index in [1.165, 1.54) is 25.7 Å². The van der Waals surface area contributed by atoms with Gasteiger partial charge in [-0.2, -0.15) is 0 Å². The number of aliphatic hydroxyl groups is 1. The Kier molecular flexibility index (Phi) is 6.26. The van der Waals surface area contributed by atoms with Gasteiger partial charge in [0.15, 0.2) is 0 Å². The van der Waals surface area contributed by atoms with Crippen molar-refractivity contribution in [3.05, 3.63) is 0 Å². The Morgan fingerprint density at radius 1 is 1.40 bits per heavy atom. The van der Waals surface area contributed by atoms with Gasteiger partial charge in [-0.15, -0.1) is 0 Å². The lowest BCUT2D eigenvalue weighted by Gasteiger charge is -2.28. The summed E-state index contributed by atoms with van der Waals surface area (Å²) in [6, 6.07) is 0.521. The van der Waals surface area contributed by atoms with E-state index in [1.807, 2.05) is 0 Å². The van der Waals surface area contributed by atoms with Gasteiger partial charge in [-0.1, -0.05) is 26.7 Å². The molecule has 0 aromatic rings. The van der Waals surface area contributed by atoms with Gasteiger partial charge in [-0.3, -0.25) is 0 Å². The van der Waals surface area contributed by atoms with Crippen LogP contribution in [0.1, 0.15) is 52.4 Å².